The number of carbonyl (C=O) groups excluding carboxylic acids is 2. The molecule has 4 rings (SSSR count). The molecule has 2 N–H and O–H groups in total. The van der Waals surface area contributed by atoms with E-state index >= 15 is 0 Å². The number of anilines is 1. The molecule has 1 atom stereocenters. The largest absolute Gasteiger partial charge is 0.367 e. The van der Waals surface area contributed by atoms with Gasteiger partial charge in [0, 0.05) is 67.3 Å². The lowest BCUT2D eigenvalue weighted by atomic mass is 10.1. The number of hydrogen-bond acceptors (Lipinski definition) is 4. The molecular formula is C21H23N5O2. The zero-order chi connectivity index (χ0) is 19.3. The Morgan fingerprint density at radius 2 is 2.00 bits per heavy atom. The Kier molecular flexibility index (Phi) is 5.23. The highest BCUT2D eigenvalue weighted by Crippen LogP contribution is 2.27. The second-order valence-electron chi connectivity index (χ2n) is 6.89. The van der Waals surface area contributed by atoms with Crippen LogP contribution in [0, 0.1) is 0 Å². The van der Waals surface area contributed by atoms with Gasteiger partial charge in [0.15, 0.2) is 0 Å². The van der Waals surface area contributed by atoms with Crippen molar-refractivity contribution in [3.63, 3.8) is 0 Å². The van der Waals surface area contributed by atoms with Gasteiger partial charge in [0.25, 0.3) is 0 Å². The van der Waals surface area contributed by atoms with Gasteiger partial charge in [-0.25, -0.2) is 0 Å². The Labute approximate surface area is 163 Å². The molecule has 144 valence electrons. The fourth-order valence-corrected chi connectivity index (χ4v) is 3.76. The van der Waals surface area contributed by atoms with E-state index in [1.807, 2.05) is 35.4 Å². The van der Waals surface area contributed by atoms with Crippen LogP contribution in [-0.4, -0.2) is 59.4 Å². The molecule has 2 aromatic heterocycles. The van der Waals surface area contributed by atoms with E-state index in [9.17, 15) is 9.59 Å². The second-order valence-corrected chi connectivity index (χ2v) is 6.89. The van der Waals surface area contributed by atoms with Gasteiger partial charge in [0.1, 0.15) is 6.04 Å². The summed E-state index contributed by atoms with van der Waals surface area (Å²) in [6.45, 7) is 2.76. The van der Waals surface area contributed by atoms with E-state index in [0.717, 1.165) is 24.3 Å². The minimum absolute atomic E-state index is 0.0581. The first-order chi connectivity index (χ1) is 13.8. The lowest BCUT2D eigenvalue weighted by Crippen LogP contribution is -2.54. The summed E-state index contributed by atoms with van der Waals surface area (Å²) >= 11 is 0. The summed E-state index contributed by atoms with van der Waals surface area (Å²) in [4.78, 5) is 35.6. The van der Waals surface area contributed by atoms with Crippen LogP contribution in [0.25, 0.3) is 10.9 Å². The van der Waals surface area contributed by atoms with Gasteiger partial charge in [0.2, 0.25) is 12.3 Å². The number of hydrogen-bond donors (Lipinski definition) is 2. The fraction of sp³-hybridized carbons (Fsp3) is 0.286. The first-order valence-corrected chi connectivity index (χ1v) is 9.45. The average Bonchev–Trinajstić information content (AvgIpc) is 3.23. The van der Waals surface area contributed by atoms with Crippen molar-refractivity contribution in [1.82, 2.24) is 20.2 Å². The van der Waals surface area contributed by atoms with E-state index < -0.39 is 6.04 Å². The van der Waals surface area contributed by atoms with Crippen LogP contribution in [0.5, 0.6) is 0 Å². The molecule has 0 saturated carbocycles. The lowest BCUT2D eigenvalue weighted by Gasteiger charge is -2.37. The van der Waals surface area contributed by atoms with Crippen LogP contribution in [0.15, 0.2) is 54.9 Å². The number of nitrogens with one attached hydrogen (secondary N) is 2. The quantitative estimate of drug-likeness (QED) is 0.639. The maximum Gasteiger partial charge on any atom is 0.245 e. The van der Waals surface area contributed by atoms with Crippen LogP contribution in [0.3, 0.4) is 0 Å². The van der Waals surface area contributed by atoms with Crippen LogP contribution in [0.4, 0.5) is 5.69 Å². The molecule has 1 aromatic carbocycles. The minimum atomic E-state index is -0.591. The third-order valence-corrected chi connectivity index (χ3v) is 5.21. The van der Waals surface area contributed by atoms with Crippen LogP contribution in [0.1, 0.15) is 5.69 Å². The van der Waals surface area contributed by atoms with Gasteiger partial charge >= 0.3 is 0 Å². The summed E-state index contributed by atoms with van der Waals surface area (Å²) in [5, 5.41) is 3.85. The molecule has 3 heterocycles. The first-order valence-electron chi connectivity index (χ1n) is 9.45. The number of piperazine rings is 1. The molecule has 1 saturated heterocycles. The van der Waals surface area contributed by atoms with Crippen molar-refractivity contribution in [2.45, 2.75) is 12.5 Å². The van der Waals surface area contributed by atoms with Gasteiger partial charge < -0.3 is 20.1 Å². The summed E-state index contributed by atoms with van der Waals surface area (Å²) in [6.07, 6.45) is 4.62. The van der Waals surface area contributed by atoms with Crippen molar-refractivity contribution in [2.24, 2.45) is 0 Å². The van der Waals surface area contributed by atoms with Gasteiger partial charge in [0.05, 0.1) is 0 Å². The molecule has 1 fully saturated rings. The summed E-state index contributed by atoms with van der Waals surface area (Å²) in [6, 6.07) is 13.3. The number of carbonyl (C=O) groups is 2. The van der Waals surface area contributed by atoms with Crippen molar-refractivity contribution < 1.29 is 9.59 Å². The zero-order valence-corrected chi connectivity index (χ0v) is 15.5. The Morgan fingerprint density at radius 3 is 2.75 bits per heavy atom. The molecule has 2 amide bonds. The summed E-state index contributed by atoms with van der Waals surface area (Å²) < 4.78 is 0. The maximum atomic E-state index is 13.0. The number of rotatable bonds is 6. The Balaban J connectivity index is 1.42. The lowest BCUT2D eigenvalue weighted by molar-refractivity contribution is -0.135. The third kappa shape index (κ3) is 3.69. The van der Waals surface area contributed by atoms with Crippen molar-refractivity contribution in [3.05, 3.63) is 60.6 Å². The SMILES string of the molecule is O=CN[C@H](Cc1ccccn1)C(=O)N1CCN(c2cccc3[nH]ccc23)CC1. The number of aromatic amines is 1. The highest BCUT2D eigenvalue weighted by atomic mass is 16.2. The first kappa shape index (κ1) is 18.0. The van der Waals surface area contributed by atoms with Gasteiger partial charge in [-0.15, -0.1) is 0 Å². The van der Waals surface area contributed by atoms with Crippen LogP contribution >= 0.6 is 0 Å². The van der Waals surface area contributed by atoms with Gasteiger partial charge in [-0.2, -0.15) is 0 Å². The summed E-state index contributed by atoms with van der Waals surface area (Å²) in [7, 11) is 0. The van der Waals surface area contributed by atoms with Crippen LogP contribution < -0.4 is 10.2 Å². The van der Waals surface area contributed by atoms with Gasteiger partial charge in [-0.1, -0.05) is 12.1 Å². The fourth-order valence-electron chi connectivity index (χ4n) is 3.76. The van der Waals surface area contributed by atoms with Crippen LogP contribution in [-0.2, 0) is 16.0 Å². The van der Waals surface area contributed by atoms with Gasteiger partial charge in [-0.3, -0.25) is 14.6 Å². The second kappa shape index (κ2) is 8.12. The van der Waals surface area contributed by atoms with E-state index in [2.05, 4.69) is 38.4 Å². The van der Waals surface area contributed by atoms with E-state index in [0.29, 0.717) is 25.9 Å². The number of pyridine rings is 1. The Hall–Kier alpha value is -3.35. The topological polar surface area (TPSA) is 81.3 Å². The molecule has 28 heavy (non-hydrogen) atoms. The number of fused-ring (bicyclic) bond motifs is 1. The monoisotopic (exact) mass is 377 g/mol. The average molecular weight is 377 g/mol. The third-order valence-electron chi connectivity index (χ3n) is 5.21. The molecule has 0 radical (unpaired) electrons. The molecular weight excluding hydrogens is 354 g/mol. The summed E-state index contributed by atoms with van der Waals surface area (Å²) in [5.41, 5.74) is 3.08. The molecule has 3 aromatic rings. The molecule has 0 bridgehead atoms. The molecule has 7 heteroatoms. The number of H-pyrrole nitrogens is 1. The maximum absolute atomic E-state index is 13.0. The van der Waals surface area contributed by atoms with E-state index in [4.69, 9.17) is 0 Å². The Bertz CT molecular complexity index is 948. The highest BCUT2D eigenvalue weighted by Gasteiger charge is 2.28. The molecule has 7 nitrogen and oxygen atoms in total. The van der Waals surface area contributed by atoms with Crippen molar-refractivity contribution in [3.8, 4) is 0 Å². The predicted molar refractivity (Wildman–Crippen MR) is 108 cm³/mol. The van der Waals surface area contributed by atoms with Crippen LogP contribution in [0.2, 0.25) is 0 Å². The number of aromatic nitrogens is 2. The smallest absolute Gasteiger partial charge is 0.245 e. The molecule has 0 spiro atoms. The predicted octanol–water partition coefficient (Wildman–Crippen LogP) is 1.57. The summed E-state index contributed by atoms with van der Waals surface area (Å²) in [5.74, 6) is -0.0581. The molecule has 1 aliphatic heterocycles. The minimum Gasteiger partial charge on any atom is -0.367 e. The number of amides is 2. The van der Waals surface area contributed by atoms with Gasteiger partial charge in [-0.05, 0) is 30.3 Å². The zero-order valence-electron chi connectivity index (χ0n) is 15.5. The number of nitrogens with zero attached hydrogens (tertiary/aromatic N) is 3. The standard InChI is InChI=1S/C21H23N5O2/c27-15-24-19(14-16-4-1-2-8-22-16)21(28)26-12-10-25(11-13-26)20-6-3-5-18-17(20)7-9-23-18/h1-9,15,19,23H,10-14H2,(H,24,27)/t19-/m1/s1. The number of benzene rings is 1. The normalized spacial score (nSPS) is 15.4. The van der Waals surface area contributed by atoms with Crippen molar-refractivity contribution >= 4 is 28.9 Å². The van der Waals surface area contributed by atoms with E-state index in [1.54, 1.807) is 6.20 Å². The highest BCUT2D eigenvalue weighted by molar-refractivity contribution is 5.92. The molecule has 1 aliphatic rings. The Morgan fingerprint density at radius 1 is 1.14 bits per heavy atom. The van der Waals surface area contributed by atoms with E-state index in [1.165, 1.54) is 11.1 Å². The van der Waals surface area contributed by atoms with Crippen molar-refractivity contribution in [1.29, 1.82) is 0 Å². The van der Waals surface area contributed by atoms with E-state index in [-0.39, 0.29) is 5.91 Å². The van der Waals surface area contributed by atoms with Crippen molar-refractivity contribution in [2.75, 3.05) is 31.1 Å². The molecule has 0 unspecified atom stereocenters. The molecule has 0 aliphatic carbocycles.